The van der Waals surface area contributed by atoms with E-state index in [0.717, 1.165) is 47.4 Å². The summed E-state index contributed by atoms with van der Waals surface area (Å²) in [6, 6.07) is 6.53. The quantitative estimate of drug-likeness (QED) is 0.923. The zero-order valence-electron chi connectivity index (χ0n) is 12.2. The van der Waals surface area contributed by atoms with Gasteiger partial charge >= 0.3 is 6.18 Å². The fourth-order valence-electron chi connectivity index (χ4n) is 2.90. The number of anilines is 1. The highest BCUT2D eigenvalue weighted by Gasteiger charge is 2.32. The summed E-state index contributed by atoms with van der Waals surface area (Å²) >= 11 is 1.10. The third-order valence-electron chi connectivity index (χ3n) is 3.94. The number of amides is 1. The van der Waals surface area contributed by atoms with Gasteiger partial charge in [-0.1, -0.05) is 6.07 Å². The van der Waals surface area contributed by atoms with Gasteiger partial charge in [-0.2, -0.15) is 13.2 Å². The third-order valence-corrected chi connectivity index (χ3v) is 4.86. The highest BCUT2D eigenvalue weighted by atomic mass is 32.1. The average Bonchev–Trinajstić information content (AvgIpc) is 2.95. The minimum atomic E-state index is -4.31. The van der Waals surface area contributed by atoms with Gasteiger partial charge in [0, 0.05) is 28.1 Å². The van der Waals surface area contributed by atoms with Gasteiger partial charge in [-0.05, 0) is 36.6 Å². The van der Waals surface area contributed by atoms with Crippen LogP contribution in [0, 0.1) is 0 Å². The molecule has 1 aromatic heterocycles. The zero-order chi connectivity index (χ0) is 16.6. The molecule has 2 heterocycles. The van der Waals surface area contributed by atoms with Crippen molar-refractivity contribution in [3.05, 3.63) is 51.2 Å². The molecule has 0 aliphatic carbocycles. The van der Waals surface area contributed by atoms with Crippen LogP contribution in [0.3, 0.4) is 0 Å². The van der Waals surface area contributed by atoms with Crippen molar-refractivity contribution in [3.8, 4) is 0 Å². The lowest BCUT2D eigenvalue weighted by molar-refractivity contribution is -0.137. The minimum absolute atomic E-state index is 0.399. The SMILES string of the molecule is NC(=O)c1cccc2c1CCCN2Cc1cc(C(F)(F)F)cs1. The summed E-state index contributed by atoms with van der Waals surface area (Å²) in [6.45, 7) is 1.14. The van der Waals surface area contributed by atoms with Crippen LogP contribution in [0.5, 0.6) is 0 Å². The number of carbonyl (C=O) groups excluding carboxylic acids is 1. The zero-order valence-corrected chi connectivity index (χ0v) is 13.0. The molecule has 2 N–H and O–H groups in total. The maximum atomic E-state index is 12.7. The number of nitrogens with zero attached hydrogens (tertiary/aromatic N) is 1. The molecule has 0 radical (unpaired) electrons. The fraction of sp³-hybridized carbons (Fsp3) is 0.312. The van der Waals surface area contributed by atoms with Crippen LogP contribution < -0.4 is 10.6 Å². The van der Waals surface area contributed by atoms with Gasteiger partial charge in [0.1, 0.15) is 0 Å². The number of carbonyl (C=O) groups is 1. The van der Waals surface area contributed by atoms with Crippen LogP contribution in [0.4, 0.5) is 18.9 Å². The van der Waals surface area contributed by atoms with Crippen LogP contribution >= 0.6 is 11.3 Å². The van der Waals surface area contributed by atoms with E-state index in [2.05, 4.69) is 0 Å². The standard InChI is InChI=1S/C16H15F3N2OS/c17-16(18,19)10-7-11(23-9-10)8-21-6-2-4-12-13(15(20)22)3-1-5-14(12)21/h1,3,5,7,9H,2,4,6,8H2,(H2,20,22). The predicted octanol–water partition coefficient (Wildman–Crippen LogP) is 3.82. The number of alkyl halides is 3. The topological polar surface area (TPSA) is 46.3 Å². The van der Waals surface area contributed by atoms with Gasteiger partial charge in [-0.15, -0.1) is 11.3 Å². The molecule has 1 aromatic carbocycles. The second kappa shape index (κ2) is 5.88. The van der Waals surface area contributed by atoms with Crippen LogP contribution in [0.2, 0.25) is 0 Å². The van der Waals surface area contributed by atoms with Gasteiger partial charge in [0.15, 0.2) is 0 Å². The van der Waals surface area contributed by atoms with Gasteiger partial charge in [-0.3, -0.25) is 4.79 Å². The van der Waals surface area contributed by atoms with Crippen LogP contribution in [0.1, 0.15) is 32.8 Å². The Labute approximate surface area is 135 Å². The van der Waals surface area contributed by atoms with E-state index in [1.54, 1.807) is 12.1 Å². The molecule has 1 aliphatic rings. The molecule has 0 unspecified atom stereocenters. The van der Waals surface area contributed by atoms with Gasteiger partial charge in [-0.25, -0.2) is 0 Å². The molecule has 0 spiro atoms. The van der Waals surface area contributed by atoms with E-state index < -0.39 is 17.6 Å². The summed E-state index contributed by atoms with van der Waals surface area (Å²) in [5, 5.41) is 1.14. The normalized spacial score (nSPS) is 14.7. The van der Waals surface area contributed by atoms with E-state index in [4.69, 9.17) is 5.73 Å². The summed E-state index contributed by atoms with van der Waals surface area (Å²) in [7, 11) is 0. The third kappa shape index (κ3) is 3.19. The largest absolute Gasteiger partial charge is 0.417 e. The van der Waals surface area contributed by atoms with Crippen LogP contribution in [-0.2, 0) is 19.1 Å². The number of nitrogens with two attached hydrogens (primary N) is 1. The van der Waals surface area contributed by atoms with Gasteiger partial charge in [0.05, 0.1) is 12.1 Å². The lowest BCUT2D eigenvalue weighted by Crippen LogP contribution is -2.30. The summed E-state index contributed by atoms with van der Waals surface area (Å²) in [6.07, 6.45) is -2.72. The number of fused-ring (bicyclic) bond motifs is 1. The monoisotopic (exact) mass is 340 g/mol. The van der Waals surface area contributed by atoms with Crippen molar-refractivity contribution in [2.45, 2.75) is 25.6 Å². The molecule has 0 bridgehead atoms. The summed E-state index contributed by atoms with van der Waals surface area (Å²) in [5.74, 6) is -0.473. The predicted molar refractivity (Wildman–Crippen MR) is 83.7 cm³/mol. The van der Waals surface area contributed by atoms with E-state index in [-0.39, 0.29) is 0 Å². The van der Waals surface area contributed by atoms with Crippen LogP contribution in [0.25, 0.3) is 0 Å². The molecule has 23 heavy (non-hydrogen) atoms. The van der Waals surface area contributed by atoms with E-state index in [1.807, 2.05) is 11.0 Å². The Bertz CT molecular complexity index is 739. The second-order valence-electron chi connectivity index (χ2n) is 5.49. The fourth-order valence-corrected chi connectivity index (χ4v) is 3.80. The number of halogens is 3. The van der Waals surface area contributed by atoms with Gasteiger partial charge < -0.3 is 10.6 Å². The summed E-state index contributed by atoms with van der Waals surface area (Å²) in [4.78, 5) is 14.2. The van der Waals surface area contributed by atoms with E-state index in [1.165, 1.54) is 6.07 Å². The first-order valence-electron chi connectivity index (χ1n) is 7.17. The molecule has 2 aromatic rings. The first-order chi connectivity index (χ1) is 10.9. The summed E-state index contributed by atoms with van der Waals surface area (Å²) in [5.41, 5.74) is 7.06. The number of benzene rings is 1. The number of hydrogen-bond acceptors (Lipinski definition) is 3. The highest BCUT2D eigenvalue weighted by Crippen LogP contribution is 2.35. The first-order valence-corrected chi connectivity index (χ1v) is 8.05. The molecule has 0 fully saturated rings. The van der Waals surface area contributed by atoms with Gasteiger partial charge in [0.25, 0.3) is 0 Å². The molecule has 0 saturated carbocycles. The molecule has 1 amide bonds. The Hall–Kier alpha value is -2.02. The Balaban J connectivity index is 1.88. The van der Waals surface area contributed by atoms with E-state index in [9.17, 15) is 18.0 Å². The van der Waals surface area contributed by atoms with Crippen molar-refractivity contribution in [1.82, 2.24) is 0 Å². The second-order valence-corrected chi connectivity index (χ2v) is 6.49. The number of hydrogen-bond donors (Lipinski definition) is 1. The molecule has 3 nitrogen and oxygen atoms in total. The lowest BCUT2D eigenvalue weighted by atomic mass is 9.96. The van der Waals surface area contributed by atoms with Crippen LogP contribution in [0.15, 0.2) is 29.6 Å². The number of primary amides is 1. The van der Waals surface area contributed by atoms with E-state index >= 15 is 0 Å². The number of thiophene rings is 1. The molecule has 7 heteroatoms. The summed E-state index contributed by atoms with van der Waals surface area (Å²) < 4.78 is 38.1. The molecular formula is C16H15F3N2OS. The lowest BCUT2D eigenvalue weighted by Gasteiger charge is -2.31. The first kappa shape index (κ1) is 15.9. The van der Waals surface area contributed by atoms with E-state index in [0.29, 0.717) is 17.0 Å². The van der Waals surface area contributed by atoms with Crippen molar-refractivity contribution in [3.63, 3.8) is 0 Å². The number of rotatable bonds is 3. The Morgan fingerprint density at radius 2 is 2.13 bits per heavy atom. The Morgan fingerprint density at radius 1 is 1.35 bits per heavy atom. The van der Waals surface area contributed by atoms with Crippen molar-refractivity contribution in [1.29, 1.82) is 0 Å². The maximum absolute atomic E-state index is 12.7. The Morgan fingerprint density at radius 3 is 2.78 bits per heavy atom. The van der Waals surface area contributed by atoms with Gasteiger partial charge in [0.2, 0.25) is 5.91 Å². The molecule has 3 rings (SSSR count). The minimum Gasteiger partial charge on any atom is -0.366 e. The molecule has 0 saturated heterocycles. The average molecular weight is 340 g/mol. The van der Waals surface area contributed by atoms with Crippen molar-refractivity contribution in [2.24, 2.45) is 5.73 Å². The van der Waals surface area contributed by atoms with Crippen molar-refractivity contribution < 1.29 is 18.0 Å². The maximum Gasteiger partial charge on any atom is 0.417 e. The smallest absolute Gasteiger partial charge is 0.366 e. The molecular weight excluding hydrogens is 325 g/mol. The Kier molecular flexibility index (Phi) is 4.06. The highest BCUT2D eigenvalue weighted by molar-refractivity contribution is 7.10. The molecule has 1 aliphatic heterocycles. The molecule has 122 valence electrons. The van der Waals surface area contributed by atoms with Crippen molar-refractivity contribution >= 4 is 22.9 Å². The van der Waals surface area contributed by atoms with Crippen LogP contribution in [-0.4, -0.2) is 12.5 Å². The van der Waals surface area contributed by atoms with Crippen molar-refractivity contribution in [2.75, 3.05) is 11.4 Å². The molecule has 0 atom stereocenters.